The fourth-order valence-electron chi connectivity index (χ4n) is 4.10. The van der Waals surface area contributed by atoms with Crippen LogP contribution in [-0.2, 0) is 19.3 Å². The summed E-state index contributed by atoms with van der Waals surface area (Å²) >= 11 is 0. The molecule has 0 saturated heterocycles. The van der Waals surface area contributed by atoms with E-state index < -0.39 is 11.7 Å². The van der Waals surface area contributed by atoms with Gasteiger partial charge in [0, 0.05) is 18.9 Å². The third kappa shape index (κ3) is 4.40. The Morgan fingerprint density at radius 2 is 2.03 bits per heavy atom. The molecule has 31 heavy (non-hydrogen) atoms. The first-order chi connectivity index (χ1) is 14.9. The van der Waals surface area contributed by atoms with E-state index in [1.54, 1.807) is 12.3 Å². The first-order valence-corrected chi connectivity index (χ1v) is 10.7. The van der Waals surface area contributed by atoms with Crippen molar-refractivity contribution >= 4 is 12.2 Å². The molecule has 164 valence electrons. The second kappa shape index (κ2) is 8.65. The maximum atomic E-state index is 13.2. The molecule has 0 amide bonds. The fourth-order valence-corrected chi connectivity index (χ4v) is 4.10. The molecular weight excluding hydrogens is 401 g/mol. The number of halogens is 3. The van der Waals surface area contributed by atoms with Crippen LogP contribution in [0.3, 0.4) is 0 Å². The molecule has 1 aromatic heterocycles. The molecule has 0 saturated carbocycles. The van der Waals surface area contributed by atoms with Gasteiger partial charge in [-0.05, 0) is 43.0 Å². The molecule has 2 aliphatic rings. The summed E-state index contributed by atoms with van der Waals surface area (Å²) in [6.07, 6.45) is 8.30. The van der Waals surface area contributed by atoms with Crippen molar-refractivity contribution in [2.75, 3.05) is 0 Å². The molecule has 1 aliphatic carbocycles. The Morgan fingerprint density at radius 3 is 2.77 bits per heavy atom. The van der Waals surface area contributed by atoms with E-state index >= 15 is 0 Å². The molecule has 1 aromatic carbocycles. The van der Waals surface area contributed by atoms with Gasteiger partial charge in [-0.3, -0.25) is 0 Å². The largest absolute Gasteiger partial charge is 0.416 e. The standard InChI is InChI=1S/C24H27F3N4/c1-3-13-31-21-11-9-17(4-2)8-10-20(21)29-22(31)16-30-14-12-28-23(30)18-6-5-7-19(15-18)24(25,26)27/h5-7,9-12,14-15,23,28H,3-4,8,13,16H2,1-2H3. The number of nitrogens with zero attached hydrogens (tertiary/aromatic N) is 3. The fraction of sp³-hybridized carbons (Fsp3) is 0.375. The van der Waals surface area contributed by atoms with Gasteiger partial charge in [0.1, 0.15) is 12.0 Å². The summed E-state index contributed by atoms with van der Waals surface area (Å²) in [7, 11) is 0. The van der Waals surface area contributed by atoms with Gasteiger partial charge in [-0.1, -0.05) is 43.7 Å². The SMILES string of the molecule is CCCn1c(CN2C=CNC2c2cccc(C(F)(F)F)c2)nc2c1=CC=C(CC)CC=2. The number of rotatable bonds is 6. The van der Waals surface area contributed by atoms with E-state index in [-0.39, 0.29) is 6.17 Å². The van der Waals surface area contributed by atoms with Crippen LogP contribution in [0.2, 0.25) is 0 Å². The molecule has 0 spiro atoms. The lowest BCUT2D eigenvalue weighted by atomic mass is 10.1. The van der Waals surface area contributed by atoms with Crippen molar-refractivity contribution in [3.8, 4) is 0 Å². The van der Waals surface area contributed by atoms with E-state index in [9.17, 15) is 13.2 Å². The van der Waals surface area contributed by atoms with Crippen molar-refractivity contribution < 1.29 is 13.2 Å². The highest BCUT2D eigenvalue weighted by atomic mass is 19.4. The monoisotopic (exact) mass is 428 g/mol. The van der Waals surface area contributed by atoms with Gasteiger partial charge in [0.15, 0.2) is 0 Å². The first kappa shape index (κ1) is 21.3. The molecule has 7 heteroatoms. The van der Waals surface area contributed by atoms with Crippen molar-refractivity contribution in [2.45, 2.75) is 58.5 Å². The number of hydrogen-bond acceptors (Lipinski definition) is 3. The molecule has 1 aliphatic heterocycles. The Bertz CT molecular complexity index is 1120. The van der Waals surface area contributed by atoms with Crippen molar-refractivity contribution in [2.24, 2.45) is 0 Å². The van der Waals surface area contributed by atoms with Gasteiger partial charge in [0.05, 0.1) is 22.8 Å². The van der Waals surface area contributed by atoms with Gasteiger partial charge in [-0.15, -0.1) is 0 Å². The summed E-state index contributed by atoms with van der Waals surface area (Å²) in [5.74, 6) is 0.915. The normalized spacial score (nSPS) is 18.0. The molecule has 2 aromatic rings. The van der Waals surface area contributed by atoms with Gasteiger partial charge in [-0.25, -0.2) is 4.98 Å². The average molecular weight is 429 g/mol. The predicted molar refractivity (Wildman–Crippen MR) is 116 cm³/mol. The van der Waals surface area contributed by atoms with Gasteiger partial charge < -0.3 is 14.8 Å². The molecule has 1 atom stereocenters. The molecule has 2 heterocycles. The van der Waals surface area contributed by atoms with Crippen LogP contribution in [0.4, 0.5) is 13.2 Å². The summed E-state index contributed by atoms with van der Waals surface area (Å²) in [4.78, 5) is 6.90. The molecule has 4 nitrogen and oxygen atoms in total. The molecule has 0 radical (unpaired) electrons. The highest BCUT2D eigenvalue weighted by molar-refractivity contribution is 5.45. The Balaban J connectivity index is 1.66. The van der Waals surface area contributed by atoms with E-state index in [1.807, 2.05) is 11.1 Å². The zero-order valence-corrected chi connectivity index (χ0v) is 17.8. The van der Waals surface area contributed by atoms with Crippen molar-refractivity contribution in [1.82, 2.24) is 19.8 Å². The van der Waals surface area contributed by atoms with E-state index in [1.165, 1.54) is 17.7 Å². The van der Waals surface area contributed by atoms with Crippen LogP contribution in [0.15, 0.2) is 48.3 Å². The van der Waals surface area contributed by atoms with Crippen molar-refractivity contribution in [1.29, 1.82) is 0 Å². The molecule has 4 rings (SSSR count). The second-order valence-corrected chi connectivity index (χ2v) is 7.88. The third-order valence-corrected chi connectivity index (χ3v) is 5.76. The van der Waals surface area contributed by atoms with Gasteiger partial charge in [-0.2, -0.15) is 13.2 Å². The Hall–Kier alpha value is -2.96. The van der Waals surface area contributed by atoms with Crippen molar-refractivity contribution in [3.05, 3.63) is 76.0 Å². The average Bonchev–Trinajstić information content (AvgIpc) is 3.27. The minimum Gasteiger partial charge on any atom is -0.366 e. The van der Waals surface area contributed by atoms with Crippen LogP contribution in [0.25, 0.3) is 12.2 Å². The summed E-state index contributed by atoms with van der Waals surface area (Å²) in [6, 6.07) is 5.49. The van der Waals surface area contributed by atoms with Gasteiger partial charge >= 0.3 is 6.18 Å². The van der Waals surface area contributed by atoms with Gasteiger partial charge in [0.25, 0.3) is 0 Å². The number of fused-ring (bicyclic) bond motifs is 1. The van der Waals surface area contributed by atoms with E-state index in [0.717, 1.165) is 48.4 Å². The van der Waals surface area contributed by atoms with Crippen LogP contribution in [0, 0.1) is 0 Å². The molecule has 1 unspecified atom stereocenters. The maximum absolute atomic E-state index is 13.2. The number of imidazole rings is 1. The number of nitrogens with one attached hydrogen (secondary N) is 1. The lowest BCUT2D eigenvalue weighted by Gasteiger charge is -2.26. The number of allylic oxidation sites excluding steroid dienone is 2. The van der Waals surface area contributed by atoms with Crippen LogP contribution in [0.1, 0.15) is 56.2 Å². The van der Waals surface area contributed by atoms with Crippen LogP contribution in [0.5, 0.6) is 0 Å². The van der Waals surface area contributed by atoms with Crippen LogP contribution < -0.4 is 16.0 Å². The van der Waals surface area contributed by atoms with Crippen LogP contribution in [-0.4, -0.2) is 14.5 Å². The third-order valence-electron chi connectivity index (χ3n) is 5.76. The smallest absolute Gasteiger partial charge is 0.366 e. The van der Waals surface area contributed by atoms with Gasteiger partial charge in [0.2, 0.25) is 0 Å². The lowest BCUT2D eigenvalue weighted by Crippen LogP contribution is -2.31. The zero-order chi connectivity index (χ0) is 22.0. The Kier molecular flexibility index (Phi) is 5.94. The Labute approximate surface area is 180 Å². The number of alkyl halides is 3. The number of aromatic nitrogens is 2. The molecule has 0 bridgehead atoms. The minimum absolute atomic E-state index is 0.367. The maximum Gasteiger partial charge on any atom is 0.416 e. The summed E-state index contributed by atoms with van der Waals surface area (Å²) < 4.78 is 41.8. The lowest BCUT2D eigenvalue weighted by molar-refractivity contribution is -0.137. The number of benzene rings is 1. The Morgan fingerprint density at radius 1 is 1.19 bits per heavy atom. The number of hydrogen-bond donors (Lipinski definition) is 1. The highest BCUT2D eigenvalue weighted by Gasteiger charge is 2.32. The molecular formula is C24H27F3N4. The molecule has 0 fully saturated rings. The first-order valence-electron chi connectivity index (χ1n) is 10.7. The zero-order valence-electron chi connectivity index (χ0n) is 17.8. The summed E-state index contributed by atoms with van der Waals surface area (Å²) in [5, 5.41) is 5.26. The van der Waals surface area contributed by atoms with Crippen LogP contribution >= 0.6 is 0 Å². The summed E-state index contributed by atoms with van der Waals surface area (Å²) in [5.41, 5.74) is 1.31. The highest BCUT2D eigenvalue weighted by Crippen LogP contribution is 2.32. The van der Waals surface area contributed by atoms with Crippen molar-refractivity contribution in [3.63, 3.8) is 0 Å². The summed E-state index contributed by atoms with van der Waals surface area (Å²) in [6.45, 7) is 5.63. The minimum atomic E-state index is -4.36. The second-order valence-electron chi connectivity index (χ2n) is 7.88. The topological polar surface area (TPSA) is 33.1 Å². The van der Waals surface area contributed by atoms with E-state index in [0.29, 0.717) is 12.1 Å². The molecule has 1 N–H and O–H groups in total. The predicted octanol–water partition coefficient (Wildman–Crippen LogP) is 4.19. The quantitative estimate of drug-likeness (QED) is 0.749. The van der Waals surface area contributed by atoms with E-state index in [4.69, 9.17) is 4.98 Å². The van der Waals surface area contributed by atoms with E-state index in [2.05, 4.69) is 42.0 Å².